The minimum Gasteiger partial charge on any atom is -0.476 e. The Hall–Kier alpha value is -3.03. The van der Waals surface area contributed by atoms with Gasteiger partial charge in [0.15, 0.2) is 6.10 Å². The summed E-state index contributed by atoms with van der Waals surface area (Å²) in [6.07, 6.45) is -1.03. The first-order valence-electron chi connectivity index (χ1n) is 9.68. The first-order chi connectivity index (χ1) is 14.8. The largest absolute Gasteiger partial charge is 0.476 e. The zero-order valence-electron chi connectivity index (χ0n) is 17.0. The van der Waals surface area contributed by atoms with E-state index in [1.807, 2.05) is 32.0 Å². The van der Waals surface area contributed by atoms with Crippen LogP contribution in [0.1, 0.15) is 11.1 Å². The molecule has 160 valence electrons. The summed E-state index contributed by atoms with van der Waals surface area (Å²) in [7, 11) is -3.94. The number of ether oxygens (including phenoxy) is 1. The number of fused-ring (bicyclic) bond motifs is 1. The highest BCUT2D eigenvalue weighted by Crippen LogP contribution is 2.39. The molecule has 0 aromatic heterocycles. The maximum atomic E-state index is 13.4. The molecule has 4 rings (SSSR count). The molecule has 1 aliphatic rings. The number of rotatable bonds is 4. The molecule has 1 aliphatic heterocycles. The summed E-state index contributed by atoms with van der Waals surface area (Å²) >= 11 is 6.13. The molecule has 6 nitrogen and oxygen atoms in total. The Balaban J connectivity index is 1.71. The molecule has 1 atom stereocenters. The molecule has 0 bridgehead atoms. The summed E-state index contributed by atoms with van der Waals surface area (Å²) in [5, 5.41) is 3.20. The third-order valence-electron chi connectivity index (χ3n) is 5.09. The summed E-state index contributed by atoms with van der Waals surface area (Å²) in [5.41, 5.74) is 2.78. The number of para-hydroxylation sites is 1. The Kier molecular flexibility index (Phi) is 5.64. The molecule has 0 saturated carbocycles. The van der Waals surface area contributed by atoms with Crippen LogP contribution in [-0.2, 0) is 14.8 Å². The van der Waals surface area contributed by atoms with Crippen molar-refractivity contribution in [2.24, 2.45) is 0 Å². The molecule has 1 heterocycles. The van der Waals surface area contributed by atoms with Gasteiger partial charge in [0.25, 0.3) is 15.9 Å². The van der Waals surface area contributed by atoms with Gasteiger partial charge in [-0.2, -0.15) is 0 Å². The summed E-state index contributed by atoms with van der Waals surface area (Å²) in [4.78, 5) is 13.1. The van der Waals surface area contributed by atoms with Crippen LogP contribution >= 0.6 is 11.6 Å². The number of nitrogens with one attached hydrogen (secondary N) is 1. The fraction of sp³-hybridized carbons (Fsp3) is 0.174. The lowest BCUT2D eigenvalue weighted by molar-refractivity contribution is -0.122. The van der Waals surface area contributed by atoms with Gasteiger partial charge < -0.3 is 10.1 Å². The average molecular weight is 457 g/mol. The van der Waals surface area contributed by atoms with Gasteiger partial charge in [-0.15, -0.1) is 0 Å². The standard InChI is InChI=1S/C23H21ClN2O4S/c1-15-7-10-18(11-8-15)31(28,29)26-14-22(30-21-12-9-17(24)13-20(21)26)23(27)25-19-6-4-3-5-16(19)2/h3-13,22H,14H2,1-2H3,(H,25,27)/t22-/m1/s1. The van der Waals surface area contributed by atoms with E-state index < -0.39 is 22.0 Å². The highest BCUT2D eigenvalue weighted by molar-refractivity contribution is 7.92. The second-order valence-electron chi connectivity index (χ2n) is 7.37. The predicted molar refractivity (Wildman–Crippen MR) is 121 cm³/mol. The van der Waals surface area contributed by atoms with Crippen LogP contribution in [0.25, 0.3) is 0 Å². The van der Waals surface area contributed by atoms with E-state index in [4.69, 9.17) is 16.3 Å². The van der Waals surface area contributed by atoms with Crippen LogP contribution in [0.5, 0.6) is 5.75 Å². The van der Waals surface area contributed by atoms with Crippen molar-refractivity contribution in [1.29, 1.82) is 0 Å². The van der Waals surface area contributed by atoms with Crippen LogP contribution in [0.3, 0.4) is 0 Å². The topological polar surface area (TPSA) is 75.7 Å². The van der Waals surface area contributed by atoms with Crippen molar-refractivity contribution in [2.45, 2.75) is 24.8 Å². The average Bonchev–Trinajstić information content (AvgIpc) is 2.74. The summed E-state index contributed by atoms with van der Waals surface area (Å²) in [5.74, 6) is -0.157. The van der Waals surface area contributed by atoms with Gasteiger partial charge in [0, 0.05) is 10.7 Å². The number of benzene rings is 3. The Morgan fingerprint density at radius 1 is 1.06 bits per heavy atom. The summed E-state index contributed by atoms with van der Waals surface area (Å²) in [6, 6.07) is 18.6. The monoisotopic (exact) mass is 456 g/mol. The highest BCUT2D eigenvalue weighted by Gasteiger charge is 2.37. The maximum absolute atomic E-state index is 13.4. The van der Waals surface area contributed by atoms with Gasteiger partial charge in [-0.05, 0) is 55.8 Å². The van der Waals surface area contributed by atoms with Crippen LogP contribution in [0.4, 0.5) is 11.4 Å². The molecular formula is C23H21ClN2O4S. The second kappa shape index (κ2) is 8.24. The Morgan fingerprint density at radius 3 is 2.48 bits per heavy atom. The van der Waals surface area contributed by atoms with Gasteiger partial charge in [-0.25, -0.2) is 8.42 Å². The van der Waals surface area contributed by atoms with Crippen molar-refractivity contribution in [2.75, 3.05) is 16.2 Å². The molecule has 0 aliphatic carbocycles. The van der Waals surface area contributed by atoms with Gasteiger partial charge in [0.05, 0.1) is 17.1 Å². The van der Waals surface area contributed by atoms with Crippen molar-refractivity contribution in [3.05, 3.63) is 82.9 Å². The van der Waals surface area contributed by atoms with E-state index in [1.54, 1.807) is 42.5 Å². The molecule has 1 amide bonds. The van der Waals surface area contributed by atoms with Crippen LogP contribution in [0.2, 0.25) is 5.02 Å². The second-order valence-corrected chi connectivity index (χ2v) is 9.67. The molecule has 0 radical (unpaired) electrons. The normalized spacial score (nSPS) is 15.7. The van der Waals surface area contributed by atoms with Gasteiger partial charge >= 0.3 is 0 Å². The fourth-order valence-corrected chi connectivity index (χ4v) is 4.99. The lowest BCUT2D eigenvalue weighted by Crippen LogP contribution is -2.48. The number of hydrogen-bond donors (Lipinski definition) is 1. The number of anilines is 2. The number of nitrogens with zero attached hydrogens (tertiary/aromatic N) is 1. The lowest BCUT2D eigenvalue weighted by Gasteiger charge is -2.35. The van der Waals surface area contributed by atoms with E-state index in [1.165, 1.54) is 10.4 Å². The summed E-state index contributed by atoms with van der Waals surface area (Å²) in [6.45, 7) is 3.58. The first-order valence-corrected chi connectivity index (χ1v) is 11.5. The number of carbonyl (C=O) groups is 1. The first kappa shape index (κ1) is 21.2. The molecule has 3 aromatic rings. The molecule has 0 saturated heterocycles. The van der Waals surface area contributed by atoms with E-state index in [0.717, 1.165) is 11.1 Å². The quantitative estimate of drug-likeness (QED) is 0.624. The van der Waals surface area contributed by atoms with Gasteiger partial charge in [0.2, 0.25) is 0 Å². The number of carbonyl (C=O) groups excluding carboxylic acids is 1. The number of aryl methyl sites for hydroxylation is 2. The Bertz CT molecular complexity index is 1240. The van der Waals surface area contributed by atoms with Crippen molar-refractivity contribution in [3.63, 3.8) is 0 Å². The molecule has 0 fully saturated rings. The smallest absolute Gasteiger partial charge is 0.267 e. The highest BCUT2D eigenvalue weighted by atomic mass is 35.5. The van der Waals surface area contributed by atoms with Crippen molar-refractivity contribution in [1.82, 2.24) is 0 Å². The Morgan fingerprint density at radius 2 is 1.77 bits per heavy atom. The minimum absolute atomic E-state index is 0.129. The Labute approximate surface area is 186 Å². The van der Waals surface area contributed by atoms with Crippen LogP contribution < -0.4 is 14.4 Å². The number of amides is 1. The molecule has 1 N–H and O–H groups in total. The van der Waals surface area contributed by atoms with Crippen molar-refractivity contribution in [3.8, 4) is 5.75 Å². The third-order valence-corrected chi connectivity index (χ3v) is 7.12. The molecule has 0 unspecified atom stereocenters. The molecule has 31 heavy (non-hydrogen) atoms. The van der Waals surface area contributed by atoms with Gasteiger partial charge in [0.1, 0.15) is 5.75 Å². The van der Waals surface area contributed by atoms with E-state index >= 15 is 0 Å². The zero-order valence-corrected chi connectivity index (χ0v) is 18.6. The number of sulfonamides is 1. The SMILES string of the molecule is Cc1ccc(S(=O)(=O)N2C[C@H](C(=O)Nc3ccccc3C)Oc3ccc(Cl)cc32)cc1. The maximum Gasteiger partial charge on any atom is 0.267 e. The van der Waals surface area contributed by atoms with E-state index in [-0.39, 0.29) is 17.2 Å². The van der Waals surface area contributed by atoms with Crippen LogP contribution in [0.15, 0.2) is 71.6 Å². The van der Waals surface area contributed by atoms with Gasteiger partial charge in [-0.3, -0.25) is 9.10 Å². The summed E-state index contributed by atoms with van der Waals surface area (Å²) < 4.78 is 33.9. The predicted octanol–water partition coefficient (Wildman–Crippen LogP) is 4.55. The molecule has 8 heteroatoms. The minimum atomic E-state index is -3.94. The van der Waals surface area contributed by atoms with Crippen molar-refractivity contribution < 1.29 is 17.9 Å². The van der Waals surface area contributed by atoms with Crippen LogP contribution in [-0.4, -0.2) is 27.0 Å². The van der Waals surface area contributed by atoms with E-state index in [9.17, 15) is 13.2 Å². The molecule has 3 aromatic carbocycles. The van der Waals surface area contributed by atoms with Crippen LogP contribution in [0, 0.1) is 13.8 Å². The van der Waals surface area contributed by atoms with Gasteiger partial charge in [-0.1, -0.05) is 47.5 Å². The fourth-order valence-electron chi connectivity index (χ4n) is 3.35. The van der Waals surface area contributed by atoms with E-state index in [2.05, 4.69) is 5.32 Å². The number of halogens is 1. The molecule has 0 spiro atoms. The molecular weight excluding hydrogens is 436 g/mol. The van der Waals surface area contributed by atoms with Crippen molar-refractivity contribution >= 4 is 38.9 Å². The third kappa shape index (κ3) is 4.24. The zero-order chi connectivity index (χ0) is 22.2. The lowest BCUT2D eigenvalue weighted by atomic mass is 10.2. The van der Waals surface area contributed by atoms with E-state index in [0.29, 0.717) is 16.4 Å². The number of hydrogen-bond acceptors (Lipinski definition) is 4.